The zero-order valence-corrected chi connectivity index (χ0v) is 13.1. The van der Waals surface area contributed by atoms with Crippen LogP contribution in [0.2, 0.25) is 5.02 Å². The molecule has 0 saturated heterocycles. The fraction of sp³-hybridized carbons (Fsp3) is 0.235. The lowest BCUT2D eigenvalue weighted by atomic mass is 9.96. The Morgan fingerprint density at radius 2 is 1.73 bits per heavy atom. The molecular weight excluding hydrogens is 300 g/mol. The van der Waals surface area contributed by atoms with Crippen molar-refractivity contribution in [2.75, 3.05) is 6.54 Å². The van der Waals surface area contributed by atoms with E-state index in [1.54, 1.807) is 31.2 Å². The van der Waals surface area contributed by atoms with Crippen LogP contribution < -0.4 is 10.6 Å². The van der Waals surface area contributed by atoms with Gasteiger partial charge in [-0.1, -0.05) is 54.1 Å². The highest BCUT2D eigenvalue weighted by atomic mass is 35.5. The fourth-order valence-corrected chi connectivity index (χ4v) is 2.13. The Morgan fingerprint density at radius 3 is 2.36 bits per heavy atom. The van der Waals surface area contributed by atoms with Gasteiger partial charge in [0.1, 0.15) is 5.60 Å². The van der Waals surface area contributed by atoms with E-state index in [9.17, 15) is 9.90 Å². The third-order valence-corrected chi connectivity index (χ3v) is 3.61. The number of halogens is 1. The number of benzene rings is 2. The van der Waals surface area contributed by atoms with Gasteiger partial charge in [0, 0.05) is 11.6 Å². The molecule has 0 heterocycles. The summed E-state index contributed by atoms with van der Waals surface area (Å²) in [5.74, 6) is 0. The topological polar surface area (TPSA) is 61.4 Å². The number of carbonyl (C=O) groups excluding carboxylic acids is 1. The van der Waals surface area contributed by atoms with Crippen molar-refractivity contribution in [2.24, 2.45) is 0 Å². The molecule has 2 amide bonds. The first-order chi connectivity index (χ1) is 10.5. The summed E-state index contributed by atoms with van der Waals surface area (Å²) in [6, 6.07) is 16.2. The number of hydrogen-bond donors (Lipinski definition) is 3. The third-order valence-electron chi connectivity index (χ3n) is 3.36. The van der Waals surface area contributed by atoms with Crippen LogP contribution in [0.25, 0.3) is 0 Å². The molecule has 0 aliphatic carbocycles. The van der Waals surface area contributed by atoms with E-state index in [1.807, 2.05) is 30.3 Å². The minimum atomic E-state index is -1.16. The molecule has 22 heavy (non-hydrogen) atoms. The normalized spacial score (nSPS) is 13.2. The molecular formula is C17H19ClN2O2. The summed E-state index contributed by atoms with van der Waals surface area (Å²) in [6.07, 6.45) is 0. The van der Waals surface area contributed by atoms with E-state index in [4.69, 9.17) is 11.6 Å². The van der Waals surface area contributed by atoms with E-state index in [0.29, 0.717) is 17.1 Å². The zero-order chi connectivity index (χ0) is 16.0. The number of rotatable bonds is 5. The van der Waals surface area contributed by atoms with Crippen LogP contribution in [0.5, 0.6) is 0 Å². The Kier molecular flexibility index (Phi) is 5.41. The average Bonchev–Trinajstić information content (AvgIpc) is 2.52. The molecule has 1 atom stereocenters. The Morgan fingerprint density at radius 1 is 1.09 bits per heavy atom. The monoisotopic (exact) mass is 318 g/mol. The van der Waals surface area contributed by atoms with Crippen molar-refractivity contribution in [3.8, 4) is 0 Å². The predicted molar refractivity (Wildman–Crippen MR) is 87.7 cm³/mol. The standard InChI is InChI=1S/C17H19ClN2O2/c1-17(22,14-7-9-15(18)10-8-14)12-20-16(21)19-11-13-5-3-2-4-6-13/h2-10,22H,11-12H2,1H3,(H2,19,20,21). The molecule has 0 aliphatic rings. The second-order valence-corrected chi connectivity index (χ2v) is 5.74. The van der Waals surface area contributed by atoms with Gasteiger partial charge in [0.2, 0.25) is 0 Å². The molecule has 3 N–H and O–H groups in total. The summed E-state index contributed by atoms with van der Waals surface area (Å²) in [7, 11) is 0. The Bertz CT molecular complexity index is 612. The molecule has 2 aromatic rings. The van der Waals surface area contributed by atoms with Crippen LogP contribution in [-0.4, -0.2) is 17.7 Å². The van der Waals surface area contributed by atoms with E-state index in [0.717, 1.165) is 5.56 Å². The highest BCUT2D eigenvalue weighted by Gasteiger charge is 2.23. The van der Waals surface area contributed by atoms with E-state index >= 15 is 0 Å². The minimum Gasteiger partial charge on any atom is -0.384 e. The Labute approximate surface area is 135 Å². The summed E-state index contributed by atoms with van der Waals surface area (Å²) in [4.78, 5) is 11.8. The molecule has 0 saturated carbocycles. The molecule has 0 aliphatic heterocycles. The molecule has 0 radical (unpaired) electrons. The minimum absolute atomic E-state index is 0.106. The molecule has 116 valence electrons. The van der Waals surface area contributed by atoms with Crippen molar-refractivity contribution < 1.29 is 9.90 Å². The number of carbonyl (C=O) groups is 1. The average molecular weight is 319 g/mol. The van der Waals surface area contributed by atoms with Gasteiger partial charge in [0.05, 0.1) is 6.54 Å². The maximum absolute atomic E-state index is 11.8. The lowest BCUT2D eigenvalue weighted by Crippen LogP contribution is -2.43. The van der Waals surface area contributed by atoms with E-state index < -0.39 is 5.60 Å². The van der Waals surface area contributed by atoms with Crippen LogP contribution in [0.1, 0.15) is 18.1 Å². The fourth-order valence-electron chi connectivity index (χ4n) is 2.00. The molecule has 0 aromatic heterocycles. The van der Waals surface area contributed by atoms with Gasteiger partial charge < -0.3 is 15.7 Å². The SMILES string of the molecule is CC(O)(CNC(=O)NCc1ccccc1)c1ccc(Cl)cc1. The number of urea groups is 1. The van der Waals surface area contributed by atoms with Crippen molar-refractivity contribution >= 4 is 17.6 Å². The van der Waals surface area contributed by atoms with Gasteiger partial charge in [-0.05, 0) is 30.2 Å². The molecule has 0 spiro atoms. The first-order valence-corrected chi connectivity index (χ1v) is 7.39. The number of hydrogen-bond acceptors (Lipinski definition) is 2. The van der Waals surface area contributed by atoms with Crippen LogP contribution >= 0.6 is 11.6 Å². The van der Waals surface area contributed by atoms with Crippen molar-refractivity contribution in [3.63, 3.8) is 0 Å². The lowest BCUT2D eigenvalue weighted by molar-refractivity contribution is 0.0594. The molecule has 1 unspecified atom stereocenters. The predicted octanol–water partition coefficient (Wildman–Crippen LogP) is 3.05. The van der Waals surface area contributed by atoms with Crippen LogP contribution in [0.3, 0.4) is 0 Å². The largest absolute Gasteiger partial charge is 0.384 e. The second-order valence-electron chi connectivity index (χ2n) is 5.30. The molecule has 0 bridgehead atoms. The number of nitrogens with one attached hydrogen (secondary N) is 2. The third kappa shape index (κ3) is 4.76. The van der Waals surface area contributed by atoms with Crippen molar-refractivity contribution in [3.05, 3.63) is 70.7 Å². The molecule has 5 heteroatoms. The van der Waals surface area contributed by atoms with E-state index in [2.05, 4.69) is 10.6 Å². The van der Waals surface area contributed by atoms with Crippen LogP contribution in [0, 0.1) is 0 Å². The van der Waals surface area contributed by atoms with E-state index in [-0.39, 0.29) is 12.6 Å². The highest BCUT2D eigenvalue weighted by molar-refractivity contribution is 6.30. The van der Waals surface area contributed by atoms with Gasteiger partial charge in [-0.3, -0.25) is 0 Å². The zero-order valence-electron chi connectivity index (χ0n) is 12.3. The van der Waals surface area contributed by atoms with Crippen molar-refractivity contribution in [1.82, 2.24) is 10.6 Å². The maximum atomic E-state index is 11.8. The summed E-state index contributed by atoms with van der Waals surface area (Å²) in [5, 5.41) is 16.5. The van der Waals surface area contributed by atoms with Gasteiger partial charge in [0.25, 0.3) is 0 Å². The molecule has 0 fully saturated rings. The van der Waals surface area contributed by atoms with Gasteiger partial charge in [0.15, 0.2) is 0 Å². The Hall–Kier alpha value is -2.04. The van der Waals surface area contributed by atoms with Crippen LogP contribution in [0.4, 0.5) is 4.79 Å². The van der Waals surface area contributed by atoms with Gasteiger partial charge in [-0.25, -0.2) is 4.79 Å². The van der Waals surface area contributed by atoms with Gasteiger partial charge in [-0.2, -0.15) is 0 Å². The maximum Gasteiger partial charge on any atom is 0.315 e. The van der Waals surface area contributed by atoms with Crippen LogP contribution in [-0.2, 0) is 12.1 Å². The molecule has 2 aromatic carbocycles. The first-order valence-electron chi connectivity index (χ1n) is 7.01. The smallest absolute Gasteiger partial charge is 0.315 e. The first kappa shape index (κ1) is 16.3. The lowest BCUT2D eigenvalue weighted by Gasteiger charge is -2.24. The molecule has 2 rings (SSSR count). The second kappa shape index (κ2) is 7.29. The summed E-state index contributed by atoms with van der Waals surface area (Å²) in [6.45, 7) is 2.19. The number of aliphatic hydroxyl groups is 1. The summed E-state index contributed by atoms with van der Waals surface area (Å²) >= 11 is 5.83. The summed E-state index contributed by atoms with van der Waals surface area (Å²) < 4.78 is 0. The van der Waals surface area contributed by atoms with Gasteiger partial charge >= 0.3 is 6.03 Å². The summed E-state index contributed by atoms with van der Waals surface area (Å²) in [5.41, 5.74) is 0.552. The van der Waals surface area contributed by atoms with Crippen LogP contribution in [0.15, 0.2) is 54.6 Å². The molecule has 4 nitrogen and oxygen atoms in total. The van der Waals surface area contributed by atoms with Crippen molar-refractivity contribution in [2.45, 2.75) is 19.1 Å². The quantitative estimate of drug-likeness (QED) is 0.793. The van der Waals surface area contributed by atoms with Gasteiger partial charge in [-0.15, -0.1) is 0 Å². The number of amides is 2. The van der Waals surface area contributed by atoms with E-state index in [1.165, 1.54) is 0 Å². The highest BCUT2D eigenvalue weighted by Crippen LogP contribution is 2.21. The Balaban J connectivity index is 1.83. The van der Waals surface area contributed by atoms with Crippen molar-refractivity contribution in [1.29, 1.82) is 0 Å².